The molecule has 0 aliphatic heterocycles. The number of hydrogen-bond donors (Lipinski definition) is 1. The summed E-state index contributed by atoms with van der Waals surface area (Å²) in [6.07, 6.45) is 6.04. The number of rotatable bonds is 3. The number of ether oxygens (including phenoxy) is 1. The first kappa shape index (κ1) is 12.4. The third kappa shape index (κ3) is 2.78. The van der Waals surface area contributed by atoms with Gasteiger partial charge in [0.1, 0.15) is 11.6 Å². The minimum Gasteiger partial charge on any atom is -0.496 e. The maximum Gasteiger partial charge on any atom is 0.123 e. The molecule has 1 saturated carbocycles. The van der Waals surface area contributed by atoms with Crippen molar-refractivity contribution < 1.29 is 9.13 Å². The summed E-state index contributed by atoms with van der Waals surface area (Å²) in [5.41, 5.74) is 7.07. The lowest BCUT2D eigenvalue weighted by Gasteiger charge is -2.28. The highest BCUT2D eigenvalue weighted by Gasteiger charge is 2.24. The van der Waals surface area contributed by atoms with Crippen molar-refractivity contribution in [2.24, 2.45) is 11.7 Å². The summed E-state index contributed by atoms with van der Waals surface area (Å²) < 4.78 is 18.6. The van der Waals surface area contributed by atoms with E-state index in [4.69, 9.17) is 10.5 Å². The van der Waals surface area contributed by atoms with Gasteiger partial charge in [0, 0.05) is 11.6 Å². The van der Waals surface area contributed by atoms with Crippen molar-refractivity contribution in [1.82, 2.24) is 0 Å². The van der Waals surface area contributed by atoms with E-state index in [0.29, 0.717) is 11.7 Å². The molecule has 3 heteroatoms. The molecule has 0 amide bonds. The van der Waals surface area contributed by atoms with Gasteiger partial charge in [-0.15, -0.1) is 0 Å². The molecular formula is C14H20FNO. The second-order valence-corrected chi connectivity index (χ2v) is 4.81. The summed E-state index contributed by atoms with van der Waals surface area (Å²) in [6.45, 7) is 0. The summed E-state index contributed by atoms with van der Waals surface area (Å²) in [4.78, 5) is 0. The minimum atomic E-state index is -0.243. The zero-order valence-corrected chi connectivity index (χ0v) is 10.3. The Bertz CT molecular complexity index is 374. The molecule has 0 bridgehead atoms. The minimum absolute atomic E-state index is 0.110. The van der Waals surface area contributed by atoms with Gasteiger partial charge >= 0.3 is 0 Å². The fourth-order valence-corrected chi connectivity index (χ4v) is 2.71. The van der Waals surface area contributed by atoms with Crippen LogP contribution in [0, 0.1) is 11.7 Å². The quantitative estimate of drug-likeness (QED) is 0.874. The molecule has 0 saturated heterocycles. The summed E-state index contributed by atoms with van der Waals surface area (Å²) in [7, 11) is 1.60. The molecule has 1 fully saturated rings. The highest BCUT2D eigenvalue weighted by Crippen LogP contribution is 2.36. The van der Waals surface area contributed by atoms with Gasteiger partial charge in [0.15, 0.2) is 0 Å². The van der Waals surface area contributed by atoms with Gasteiger partial charge in [0.05, 0.1) is 7.11 Å². The molecule has 1 aliphatic carbocycles. The molecule has 2 nitrogen and oxygen atoms in total. The maximum atomic E-state index is 13.3. The molecule has 1 atom stereocenters. The van der Waals surface area contributed by atoms with Crippen molar-refractivity contribution in [3.8, 4) is 5.75 Å². The summed E-state index contributed by atoms with van der Waals surface area (Å²) >= 11 is 0. The molecule has 17 heavy (non-hydrogen) atoms. The van der Waals surface area contributed by atoms with E-state index in [-0.39, 0.29) is 11.9 Å². The molecule has 1 unspecified atom stereocenters. The zero-order chi connectivity index (χ0) is 12.3. The smallest absolute Gasteiger partial charge is 0.123 e. The Morgan fingerprint density at radius 1 is 1.29 bits per heavy atom. The molecule has 2 N–H and O–H groups in total. The van der Waals surface area contributed by atoms with E-state index in [9.17, 15) is 4.39 Å². The van der Waals surface area contributed by atoms with E-state index in [1.54, 1.807) is 13.2 Å². The van der Waals surface area contributed by atoms with E-state index < -0.39 is 0 Å². The number of nitrogens with two attached hydrogens (primary N) is 1. The van der Waals surface area contributed by atoms with Crippen LogP contribution in [0.25, 0.3) is 0 Å². The van der Waals surface area contributed by atoms with Crippen LogP contribution in [0.2, 0.25) is 0 Å². The second kappa shape index (κ2) is 5.50. The van der Waals surface area contributed by atoms with Crippen molar-refractivity contribution in [3.63, 3.8) is 0 Å². The molecule has 94 valence electrons. The fourth-order valence-electron chi connectivity index (χ4n) is 2.71. The highest BCUT2D eigenvalue weighted by atomic mass is 19.1. The largest absolute Gasteiger partial charge is 0.496 e. The summed E-state index contributed by atoms with van der Waals surface area (Å²) in [6, 6.07) is 4.47. The van der Waals surface area contributed by atoms with Gasteiger partial charge in [-0.25, -0.2) is 4.39 Å². The van der Waals surface area contributed by atoms with E-state index in [0.717, 1.165) is 18.4 Å². The standard InChI is InChI=1S/C14H20FNO/c1-17-13-8-7-11(15)9-12(13)14(16)10-5-3-2-4-6-10/h7-10,14H,2-6,16H2,1H3. The number of benzene rings is 1. The topological polar surface area (TPSA) is 35.2 Å². The third-order valence-electron chi connectivity index (χ3n) is 3.71. The van der Waals surface area contributed by atoms with Gasteiger partial charge in [0.25, 0.3) is 0 Å². The summed E-state index contributed by atoms with van der Waals surface area (Å²) in [5.74, 6) is 0.913. The Labute approximate surface area is 102 Å². The number of methoxy groups -OCH3 is 1. The monoisotopic (exact) mass is 237 g/mol. The number of hydrogen-bond acceptors (Lipinski definition) is 2. The van der Waals surface area contributed by atoms with Crippen LogP contribution in [-0.2, 0) is 0 Å². The normalized spacial score (nSPS) is 19.0. The second-order valence-electron chi connectivity index (χ2n) is 4.81. The SMILES string of the molecule is COc1ccc(F)cc1C(N)C1CCCCC1. The van der Waals surface area contributed by atoms with Crippen LogP contribution in [-0.4, -0.2) is 7.11 Å². The summed E-state index contributed by atoms with van der Waals surface area (Å²) in [5, 5.41) is 0. The van der Waals surface area contributed by atoms with Crippen LogP contribution in [0.3, 0.4) is 0 Å². The molecule has 0 radical (unpaired) electrons. The molecule has 1 aromatic carbocycles. The molecule has 2 rings (SSSR count). The van der Waals surface area contributed by atoms with Gasteiger partial charge in [0.2, 0.25) is 0 Å². The van der Waals surface area contributed by atoms with Crippen LogP contribution >= 0.6 is 0 Å². The molecular weight excluding hydrogens is 217 g/mol. The van der Waals surface area contributed by atoms with Crippen molar-refractivity contribution in [2.75, 3.05) is 7.11 Å². The lowest BCUT2D eigenvalue weighted by Crippen LogP contribution is -2.24. The first-order valence-corrected chi connectivity index (χ1v) is 6.31. The highest BCUT2D eigenvalue weighted by molar-refractivity contribution is 5.36. The lowest BCUT2D eigenvalue weighted by atomic mass is 9.81. The Balaban J connectivity index is 2.21. The Morgan fingerprint density at radius 2 is 2.00 bits per heavy atom. The number of halogens is 1. The average Bonchev–Trinajstić information content (AvgIpc) is 2.39. The molecule has 0 aromatic heterocycles. The average molecular weight is 237 g/mol. The Hall–Kier alpha value is -1.09. The zero-order valence-electron chi connectivity index (χ0n) is 10.3. The molecule has 0 heterocycles. The first-order chi connectivity index (χ1) is 8.22. The predicted molar refractivity (Wildman–Crippen MR) is 66.5 cm³/mol. The van der Waals surface area contributed by atoms with Gasteiger partial charge in [-0.3, -0.25) is 0 Å². The predicted octanol–water partition coefficient (Wildman–Crippen LogP) is 3.41. The maximum absolute atomic E-state index is 13.3. The molecule has 1 aromatic rings. The van der Waals surface area contributed by atoms with Crippen LogP contribution in [0.5, 0.6) is 5.75 Å². The Kier molecular flexibility index (Phi) is 4.00. The first-order valence-electron chi connectivity index (χ1n) is 6.31. The van der Waals surface area contributed by atoms with Crippen LogP contribution < -0.4 is 10.5 Å². The van der Waals surface area contributed by atoms with E-state index >= 15 is 0 Å². The third-order valence-corrected chi connectivity index (χ3v) is 3.71. The van der Waals surface area contributed by atoms with E-state index in [1.165, 1.54) is 31.4 Å². The van der Waals surface area contributed by atoms with Crippen molar-refractivity contribution >= 4 is 0 Å². The van der Waals surface area contributed by atoms with Crippen molar-refractivity contribution in [3.05, 3.63) is 29.6 Å². The fraction of sp³-hybridized carbons (Fsp3) is 0.571. The molecule has 1 aliphatic rings. The van der Waals surface area contributed by atoms with E-state index in [2.05, 4.69) is 0 Å². The Morgan fingerprint density at radius 3 is 2.65 bits per heavy atom. The molecule has 0 spiro atoms. The van der Waals surface area contributed by atoms with E-state index in [1.807, 2.05) is 0 Å². The van der Waals surface area contributed by atoms with Crippen molar-refractivity contribution in [1.29, 1.82) is 0 Å². The van der Waals surface area contributed by atoms with Crippen molar-refractivity contribution in [2.45, 2.75) is 38.1 Å². The van der Waals surface area contributed by atoms with Crippen LogP contribution in [0.1, 0.15) is 43.7 Å². The van der Waals surface area contributed by atoms with Gasteiger partial charge in [-0.05, 0) is 37.0 Å². The van der Waals surface area contributed by atoms with Gasteiger partial charge < -0.3 is 10.5 Å². The van der Waals surface area contributed by atoms with Gasteiger partial charge in [-0.2, -0.15) is 0 Å². The van der Waals surface area contributed by atoms with Crippen LogP contribution in [0.15, 0.2) is 18.2 Å². The van der Waals surface area contributed by atoms with Gasteiger partial charge in [-0.1, -0.05) is 19.3 Å². The van der Waals surface area contributed by atoms with Crippen LogP contribution in [0.4, 0.5) is 4.39 Å². The lowest BCUT2D eigenvalue weighted by molar-refractivity contribution is 0.300.